The van der Waals surface area contributed by atoms with E-state index < -0.39 is 15.9 Å². The molecule has 0 fully saturated rings. The molecule has 0 unspecified atom stereocenters. The molecule has 0 aliphatic carbocycles. The number of sulfonamides is 1. The number of carbonyl (C=O) groups is 1. The van der Waals surface area contributed by atoms with Gasteiger partial charge in [-0.15, -0.1) is 0 Å². The molecule has 0 radical (unpaired) electrons. The van der Waals surface area contributed by atoms with E-state index in [0.29, 0.717) is 5.76 Å². The zero-order chi connectivity index (χ0) is 16.3. The molecule has 0 spiro atoms. The van der Waals surface area contributed by atoms with Crippen LogP contribution in [0.2, 0.25) is 0 Å². The van der Waals surface area contributed by atoms with Crippen LogP contribution < -0.4 is 4.72 Å². The Bertz CT molecular complexity index is 773. The number of hydrogen-bond donors (Lipinski definition) is 1. The maximum Gasteiger partial charge on any atom is 0.267 e. The number of amides is 1. The largest absolute Gasteiger partial charge is 0.465 e. The van der Waals surface area contributed by atoms with Gasteiger partial charge < -0.3 is 4.42 Å². The van der Waals surface area contributed by atoms with Crippen molar-refractivity contribution in [3.05, 3.63) is 53.0 Å². The van der Waals surface area contributed by atoms with Crippen molar-refractivity contribution in [1.82, 2.24) is 4.72 Å². The predicted molar refractivity (Wildman–Crippen MR) is 83.0 cm³/mol. The molecular weight excluding hydrogens is 302 g/mol. The van der Waals surface area contributed by atoms with E-state index in [-0.39, 0.29) is 17.1 Å². The number of rotatable bonds is 5. The third kappa shape index (κ3) is 3.76. The molecule has 118 valence electrons. The van der Waals surface area contributed by atoms with Crippen LogP contribution >= 0.6 is 0 Å². The summed E-state index contributed by atoms with van der Waals surface area (Å²) in [6, 6.07) is 8.93. The van der Waals surface area contributed by atoms with Gasteiger partial charge in [0.1, 0.15) is 16.4 Å². The second-order valence-corrected chi connectivity index (χ2v) is 6.80. The van der Waals surface area contributed by atoms with Crippen molar-refractivity contribution in [2.45, 2.75) is 38.5 Å². The van der Waals surface area contributed by atoms with Gasteiger partial charge in [0, 0.05) is 6.07 Å². The van der Waals surface area contributed by atoms with Crippen molar-refractivity contribution in [2.75, 3.05) is 0 Å². The molecule has 0 aliphatic heterocycles. The van der Waals surface area contributed by atoms with Gasteiger partial charge >= 0.3 is 0 Å². The van der Waals surface area contributed by atoms with Crippen LogP contribution in [0, 0.1) is 13.8 Å². The molecule has 5 nitrogen and oxygen atoms in total. The Hall–Kier alpha value is -2.08. The zero-order valence-corrected chi connectivity index (χ0v) is 13.7. The van der Waals surface area contributed by atoms with Gasteiger partial charge in [0.25, 0.3) is 10.0 Å². The van der Waals surface area contributed by atoms with Crippen molar-refractivity contribution in [1.29, 1.82) is 0 Å². The van der Waals surface area contributed by atoms with Gasteiger partial charge in [0.15, 0.2) is 0 Å². The molecule has 1 N–H and O–H groups in total. The van der Waals surface area contributed by atoms with Crippen LogP contribution in [0.5, 0.6) is 0 Å². The number of nitrogens with one attached hydrogen (secondary N) is 1. The summed E-state index contributed by atoms with van der Waals surface area (Å²) >= 11 is 0. The van der Waals surface area contributed by atoms with Gasteiger partial charge in [-0.2, -0.15) is 0 Å². The molecule has 0 aliphatic rings. The minimum atomic E-state index is -3.90. The normalized spacial score (nSPS) is 11.4. The molecule has 1 aromatic heterocycles. The first kappa shape index (κ1) is 16.3. The van der Waals surface area contributed by atoms with Gasteiger partial charge in [0.2, 0.25) is 5.91 Å². The lowest BCUT2D eigenvalue weighted by Crippen LogP contribution is -2.31. The fourth-order valence-electron chi connectivity index (χ4n) is 2.19. The van der Waals surface area contributed by atoms with Crippen molar-refractivity contribution < 1.29 is 17.6 Å². The van der Waals surface area contributed by atoms with Crippen molar-refractivity contribution in [3.63, 3.8) is 0 Å². The number of carbonyl (C=O) groups excluding carboxylic acids is 1. The minimum Gasteiger partial charge on any atom is -0.465 e. The third-order valence-electron chi connectivity index (χ3n) is 3.33. The summed E-state index contributed by atoms with van der Waals surface area (Å²) in [6.07, 6.45) is 0.930. The minimum absolute atomic E-state index is 0.000295. The monoisotopic (exact) mass is 321 g/mol. The van der Waals surface area contributed by atoms with Gasteiger partial charge in [-0.25, -0.2) is 13.1 Å². The van der Waals surface area contributed by atoms with E-state index in [1.807, 2.05) is 31.2 Å². The zero-order valence-electron chi connectivity index (χ0n) is 12.8. The van der Waals surface area contributed by atoms with E-state index >= 15 is 0 Å². The van der Waals surface area contributed by atoms with Crippen molar-refractivity contribution in [3.8, 4) is 0 Å². The van der Waals surface area contributed by atoms with Crippen LogP contribution in [0.15, 0.2) is 39.6 Å². The molecule has 6 heteroatoms. The Morgan fingerprint density at radius 1 is 1.14 bits per heavy atom. The van der Waals surface area contributed by atoms with Crippen LogP contribution in [0.4, 0.5) is 0 Å². The molecule has 22 heavy (non-hydrogen) atoms. The second kappa shape index (κ2) is 6.36. The molecule has 2 rings (SSSR count). The molecular formula is C16H19NO4S. The lowest BCUT2D eigenvalue weighted by atomic mass is 10.1. The Morgan fingerprint density at radius 2 is 1.73 bits per heavy atom. The molecule has 0 saturated heterocycles. The highest BCUT2D eigenvalue weighted by Gasteiger charge is 2.22. The number of hydrogen-bond acceptors (Lipinski definition) is 4. The smallest absolute Gasteiger partial charge is 0.267 e. The van der Waals surface area contributed by atoms with Crippen LogP contribution in [-0.4, -0.2) is 14.3 Å². The van der Waals surface area contributed by atoms with E-state index in [1.54, 1.807) is 13.8 Å². The summed E-state index contributed by atoms with van der Waals surface area (Å²) < 4.78 is 31.6. The quantitative estimate of drug-likeness (QED) is 0.918. The highest BCUT2D eigenvalue weighted by molar-refractivity contribution is 7.90. The van der Waals surface area contributed by atoms with Crippen LogP contribution in [0.1, 0.15) is 29.6 Å². The summed E-state index contributed by atoms with van der Waals surface area (Å²) in [7, 11) is -3.90. The second-order valence-electron chi connectivity index (χ2n) is 5.15. The van der Waals surface area contributed by atoms with Crippen LogP contribution in [-0.2, 0) is 27.7 Å². The first-order chi connectivity index (χ1) is 10.3. The molecule has 1 amide bonds. The molecule has 2 aromatic rings. The lowest BCUT2D eigenvalue weighted by molar-refractivity contribution is -0.118. The highest BCUT2D eigenvalue weighted by Crippen LogP contribution is 2.19. The van der Waals surface area contributed by atoms with Crippen molar-refractivity contribution in [2.24, 2.45) is 0 Å². The maximum atomic E-state index is 12.2. The Labute approximate surface area is 130 Å². The van der Waals surface area contributed by atoms with Gasteiger partial charge in [-0.1, -0.05) is 31.2 Å². The van der Waals surface area contributed by atoms with Crippen molar-refractivity contribution >= 4 is 15.9 Å². The van der Waals surface area contributed by atoms with E-state index in [0.717, 1.165) is 12.0 Å². The van der Waals surface area contributed by atoms with Crippen LogP contribution in [0.25, 0.3) is 0 Å². The third-order valence-corrected chi connectivity index (χ3v) is 4.81. The number of furan rings is 1. The molecule has 0 bridgehead atoms. The van der Waals surface area contributed by atoms with E-state index in [9.17, 15) is 13.2 Å². The average Bonchev–Trinajstić information content (AvgIpc) is 2.79. The first-order valence-corrected chi connectivity index (χ1v) is 8.50. The topological polar surface area (TPSA) is 76.4 Å². The van der Waals surface area contributed by atoms with E-state index in [2.05, 4.69) is 4.72 Å². The molecule has 1 heterocycles. The van der Waals surface area contributed by atoms with E-state index in [4.69, 9.17) is 4.42 Å². The van der Waals surface area contributed by atoms with Gasteiger partial charge in [-0.05, 0) is 31.4 Å². The van der Waals surface area contributed by atoms with Gasteiger partial charge in [-0.3, -0.25) is 4.79 Å². The lowest BCUT2D eigenvalue weighted by Gasteiger charge is -2.06. The highest BCUT2D eigenvalue weighted by atomic mass is 32.2. The molecule has 0 atom stereocenters. The summed E-state index contributed by atoms with van der Waals surface area (Å²) in [5.74, 6) is 0.188. The fraction of sp³-hybridized carbons (Fsp3) is 0.312. The SMILES string of the molecule is CCc1ccc(CC(=O)NS(=O)(=O)c2cc(C)oc2C)cc1. The van der Waals surface area contributed by atoms with Crippen LogP contribution in [0.3, 0.4) is 0 Å². The first-order valence-electron chi connectivity index (χ1n) is 7.02. The summed E-state index contributed by atoms with van der Waals surface area (Å²) in [5, 5.41) is 0. The Balaban J connectivity index is 2.09. The summed E-state index contributed by atoms with van der Waals surface area (Å²) in [4.78, 5) is 12.0. The molecule has 0 saturated carbocycles. The predicted octanol–water partition coefficient (Wildman–Crippen LogP) is 2.51. The van der Waals surface area contributed by atoms with Gasteiger partial charge in [0.05, 0.1) is 6.42 Å². The standard InChI is InChI=1S/C16H19NO4S/c1-4-13-5-7-14(8-6-13)10-16(18)17-22(19,20)15-9-11(2)21-12(15)3/h5-9H,4,10H2,1-3H3,(H,17,18). The Kier molecular flexibility index (Phi) is 4.71. The number of aryl methyl sites for hydroxylation is 3. The fourth-order valence-corrected chi connectivity index (χ4v) is 3.42. The Morgan fingerprint density at radius 3 is 2.23 bits per heavy atom. The number of benzene rings is 1. The average molecular weight is 321 g/mol. The summed E-state index contributed by atoms with van der Waals surface area (Å²) in [6.45, 7) is 5.25. The maximum absolute atomic E-state index is 12.2. The molecule has 1 aromatic carbocycles. The van der Waals surface area contributed by atoms with E-state index in [1.165, 1.54) is 11.6 Å². The summed E-state index contributed by atoms with van der Waals surface area (Å²) in [5.41, 5.74) is 1.94.